The topological polar surface area (TPSA) is 94.2 Å². The van der Waals surface area contributed by atoms with Crippen LogP contribution in [0.15, 0.2) is 35.3 Å². The van der Waals surface area contributed by atoms with Crippen LogP contribution in [-0.4, -0.2) is 22.9 Å². The van der Waals surface area contributed by atoms with E-state index in [2.05, 4.69) is 5.32 Å². The van der Waals surface area contributed by atoms with Crippen molar-refractivity contribution in [3.63, 3.8) is 0 Å². The number of primary amides is 1. The summed E-state index contributed by atoms with van der Waals surface area (Å²) in [7, 11) is 0. The van der Waals surface area contributed by atoms with Crippen molar-refractivity contribution in [3.8, 4) is 0 Å². The number of carbonyl (C=O) groups excluding carboxylic acids is 2. The first kappa shape index (κ1) is 19.3. The average Bonchev–Trinajstić information content (AvgIpc) is 2.70. The molecule has 158 valence electrons. The van der Waals surface area contributed by atoms with Crippen molar-refractivity contribution in [1.29, 1.82) is 0 Å². The summed E-state index contributed by atoms with van der Waals surface area (Å²) in [5.74, 6) is 1.83. The molecule has 4 aliphatic carbocycles. The number of carbonyl (C=O) groups is 2. The van der Waals surface area contributed by atoms with E-state index in [0.29, 0.717) is 16.3 Å². The Kier molecular flexibility index (Phi) is 4.49. The third kappa shape index (κ3) is 3.13. The van der Waals surface area contributed by atoms with Gasteiger partial charge in [0.15, 0.2) is 0 Å². The Bertz CT molecular complexity index is 1050. The lowest BCUT2D eigenvalue weighted by Gasteiger charge is -2.56. The fourth-order valence-corrected chi connectivity index (χ4v) is 6.80. The van der Waals surface area contributed by atoms with Crippen molar-refractivity contribution in [2.75, 3.05) is 6.54 Å². The second kappa shape index (κ2) is 6.96. The Balaban J connectivity index is 1.40. The highest BCUT2D eigenvalue weighted by Crippen LogP contribution is 2.59. The maximum atomic E-state index is 13.1. The predicted octanol–water partition coefficient (Wildman–Crippen LogP) is 2.99. The van der Waals surface area contributed by atoms with E-state index in [0.717, 1.165) is 24.3 Å². The van der Waals surface area contributed by atoms with E-state index in [1.165, 1.54) is 43.1 Å². The third-order valence-electron chi connectivity index (χ3n) is 7.84. The van der Waals surface area contributed by atoms with Crippen LogP contribution in [0.2, 0.25) is 0 Å². The molecule has 4 bridgehead atoms. The number of pyridine rings is 1. The summed E-state index contributed by atoms with van der Waals surface area (Å²) < 4.78 is 1.32. The standard InChI is InChI=1S/C24H29N3O3/c1-14(21(25)28)27-6-5-18-19(3-2-4-20(18)23(27)30)22(29)26-13-24-10-15-7-16(11-24)9-17(8-15)12-24/h2-6,14-17H,7-13H2,1H3,(H2,25,28)(H,26,29)/t14-,15?,16?,17?,24?/m1/s1. The van der Waals surface area contributed by atoms with Gasteiger partial charge in [-0.3, -0.25) is 14.4 Å². The molecule has 0 radical (unpaired) electrons. The first-order chi connectivity index (χ1) is 14.3. The minimum atomic E-state index is -0.740. The molecule has 30 heavy (non-hydrogen) atoms. The molecular weight excluding hydrogens is 378 g/mol. The highest BCUT2D eigenvalue weighted by molar-refractivity contribution is 6.06. The number of fused-ring (bicyclic) bond motifs is 1. The number of rotatable bonds is 5. The predicted molar refractivity (Wildman–Crippen MR) is 115 cm³/mol. The highest BCUT2D eigenvalue weighted by Gasteiger charge is 2.50. The van der Waals surface area contributed by atoms with Crippen molar-refractivity contribution in [3.05, 3.63) is 46.4 Å². The van der Waals surface area contributed by atoms with E-state index in [1.807, 2.05) is 0 Å². The molecule has 6 heteroatoms. The third-order valence-corrected chi connectivity index (χ3v) is 7.84. The molecule has 1 aromatic carbocycles. The molecule has 1 heterocycles. The molecule has 2 aromatic rings. The van der Waals surface area contributed by atoms with Gasteiger partial charge in [0.05, 0.1) is 0 Å². The zero-order valence-electron chi connectivity index (χ0n) is 17.4. The molecule has 1 atom stereocenters. The lowest BCUT2D eigenvalue weighted by molar-refractivity contribution is -0.120. The summed E-state index contributed by atoms with van der Waals surface area (Å²) in [5.41, 5.74) is 5.82. The molecule has 1 aromatic heterocycles. The summed E-state index contributed by atoms with van der Waals surface area (Å²) in [6.07, 6.45) is 9.42. The van der Waals surface area contributed by atoms with E-state index in [1.54, 1.807) is 37.4 Å². The normalized spacial score (nSPS) is 30.4. The molecule has 4 fully saturated rings. The molecule has 0 aliphatic heterocycles. The van der Waals surface area contributed by atoms with Crippen molar-refractivity contribution in [1.82, 2.24) is 9.88 Å². The van der Waals surface area contributed by atoms with Gasteiger partial charge in [-0.2, -0.15) is 0 Å². The lowest BCUT2D eigenvalue weighted by Crippen LogP contribution is -2.51. The molecule has 4 saturated carbocycles. The highest BCUT2D eigenvalue weighted by atomic mass is 16.2. The monoisotopic (exact) mass is 407 g/mol. The van der Waals surface area contributed by atoms with Crippen LogP contribution >= 0.6 is 0 Å². The number of benzene rings is 1. The van der Waals surface area contributed by atoms with Gasteiger partial charge in [0.1, 0.15) is 6.04 Å². The molecule has 0 unspecified atom stereocenters. The second-order valence-corrected chi connectivity index (χ2v) is 9.97. The van der Waals surface area contributed by atoms with Gasteiger partial charge in [0.2, 0.25) is 5.91 Å². The largest absolute Gasteiger partial charge is 0.368 e. The Labute approximate surface area is 175 Å². The van der Waals surface area contributed by atoms with Crippen LogP contribution in [0.3, 0.4) is 0 Å². The second-order valence-electron chi connectivity index (χ2n) is 9.97. The summed E-state index contributed by atoms with van der Waals surface area (Å²) in [6, 6.07) is 6.17. The van der Waals surface area contributed by atoms with Crippen molar-refractivity contribution < 1.29 is 9.59 Å². The molecule has 6 rings (SSSR count). The van der Waals surface area contributed by atoms with Crippen molar-refractivity contribution in [2.24, 2.45) is 28.9 Å². The van der Waals surface area contributed by atoms with Gasteiger partial charge in [-0.25, -0.2) is 0 Å². The molecular formula is C24H29N3O3. The Morgan fingerprint density at radius 2 is 1.73 bits per heavy atom. The maximum absolute atomic E-state index is 13.1. The fraction of sp³-hybridized carbons (Fsp3) is 0.542. The van der Waals surface area contributed by atoms with Crippen LogP contribution in [0.25, 0.3) is 10.8 Å². The number of nitrogens with zero attached hydrogens (tertiary/aromatic N) is 1. The fourth-order valence-electron chi connectivity index (χ4n) is 6.80. The van der Waals surface area contributed by atoms with E-state index < -0.39 is 11.9 Å². The van der Waals surface area contributed by atoms with Gasteiger partial charge in [0, 0.05) is 29.1 Å². The molecule has 6 nitrogen and oxygen atoms in total. The average molecular weight is 408 g/mol. The first-order valence-corrected chi connectivity index (χ1v) is 11.1. The molecule has 2 amide bonds. The number of aromatic nitrogens is 1. The Hall–Kier alpha value is -2.63. The minimum Gasteiger partial charge on any atom is -0.368 e. The van der Waals surface area contributed by atoms with Gasteiger partial charge >= 0.3 is 0 Å². The number of hydrogen-bond donors (Lipinski definition) is 2. The van der Waals surface area contributed by atoms with Gasteiger partial charge in [-0.05, 0) is 86.8 Å². The Morgan fingerprint density at radius 1 is 1.10 bits per heavy atom. The quantitative estimate of drug-likeness (QED) is 0.798. The lowest BCUT2D eigenvalue weighted by atomic mass is 9.49. The first-order valence-electron chi connectivity index (χ1n) is 11.1. The van der Waals surface area contributed by atoms with E-state index >= 15 is 0 Å². The van der Waals surface area contributed by atoms with Gasteiger partial charge in [0.25, 0.3) is 11.5 Å². The zero-order valence-corrected chi connectivity index (χ0v) is 17.4. The number of nitrogens with two attached hydrogens (primary N) is 1. The van der Waals surface area contributed by atoms with Crippen LogP contribution in [-0.2, 0) is 4.79 Å². The molecule has 0 saturated heterocycles. The molecule has 0 spiro atoms. The maximum Gasteiger partial charge on any atom is 0.259 e. The molecule has 3 N–H and O–H groups in total. The number of amides is 2. The summed E-state index contributed by atoms with van der Waals surface area (Å²) in [5, 5.41) is 4.24. The van der Waals surface area contributed by atoms with Gasteiger partial charge in [-0.1, -0.05) is 6.07 Å². The van der Waals surface area contributed by atoms with Crippen LogP contribution < -0.4 is 16.6 Å². The zero-order chi connectivity index (χ0) is 21.0. The van der Waals surface area contributed by atoms with E-state index in [-0.39, 0.29) is 16.9 Å². The SMILES string of the molecule is C[C@H](C(N)=O)n1ccc2c(C(=O)NCC34CC5CC(CC(C5)C3)C4)cccc2c1=O. The summed E-state index contributed by atoms with van der Waals surface area (Å²) in [6.45, 7) is 2.32. The van der Waals surface area contributed by atoms with Gasteiger partial charge in [-0.15, -0.1) is 0 Å². The van der Waals surface area contributed by atoms with E-state index in [4.69, 9.17) is 5.73 Å². The van der Waals surface area contributed by atoms with Crippen LogP contribution in [0, 0.1) is 23.2 Å². The van der Waals surface area contributed by atoms with E-state index in [9.17, 15) is 14.4 Å². The molecule has 4 aliphatic rings. The smallest absolute Gasteiger partial charge is 0.259 e. The van der Waals surface area contributed by atoms with Crippen LogP contribution in [0.4, 0.5) is 0 Å². The minimum absolute atomic E-state index is 0.128. The Morgan fingerprint density at radius 3 is 2.33 bits per heavy atom. The van der Waals surface area contributed by atoms with Crippen molar-refractivity contribution in [2.45, 2.75) is 51.5 Å². The van der Waals surface area contributed by atoms with Crippen LogP contribution in [0.1, 0.15) is 61.8 Å². The van der Waals surface area contributed by atoms with Crippen LogP contribution in [0.5, 0.6) is 0 Å². The number of nitrogens with one attached hydrogen (secondary N) is 1. The summed E-state index contributed by atoms with van der Waals surface area (Å²) in [4.78, 5) is 37.5. The summed E-state index contributed by atoms with van der Waals surface area (Å²) >= 11 is 0. The number of hydrogen-bond acceptors (Lipinski definition) is 3. The van der Waals surface area contributed by atoms with Gasteiger partial charge < -0.3 is 15.6 Å². The van der Waals surface area contributed by atoms with Crippen molar-refractivity contribution >= 4 is 22.6 Å².